The zero-order valence-electron chi connectivity index (χ0n) is 10.5. The van der Waals surface area contributed by atoms with E-state index in [9.17, 15) is 4.79 Å². The molecule has 0 aromatic carbocycles. The molecule has 0 aliphatic carbocycles. The van der Waals surface area contributed by atoms with E-state index in [4.69, 9.17) is 0 Å². The number of piperazine rings is 1. The van der Waals surface area contributed by atoms with Crippen LogP contribution >= 0.6 is 0 Å². The molecule has 2 aromatic rings. The number of fused-ring (bicyclic) bond motifs is 1. The number of hydrogen-bond donors (Lipinski definition) is 2. The number of hydrogen-bond acceptors (Lipinski definition) is 5. The van der Waals surface area contributed by atoms with Gasteiger partial charge in [0.05, 0.1) is 6.54 Å². The highest BCUT2D eigenvalue weighted by atomic mass is 16.2. The van der Waals surface area contributed by atoms with Gasteiger partial charge >= 0.3 is 0 Å². The van der Waals surface area contributed by atoms with Crippen molar-refractivity contribution in [3.8, 4) is 0 Å². The zero-order chi connectivity index (χ0) is 13.1. The second-order valence-corrected chi connectivity index (χ2v) is 4.42. The van der Waals surface area contributed by atoms with E-state index < -0.39 is 0 Å². The predicted molar refractivity (Wildman–Crippen MR) is 70.9 cm³/mol. The molecule has 1 aliphatic rings. The fourth-order valence-corrected chi connectivity index (χ4v) is 2.09. The number of nitrogens with zero attached hydrogens (tertiary/aromatic N) is 4. The Morgan fingerprint density at radius 3 is 3.00 bits per heavy atom. The predicted octanol–water partition coefficient (Wildman–Crippen LogP) is -0.427. The number of amides is 1. The van der Waals surface area contributed by atoms with Crippen LogP contribution in [0.15, 0.2) is 24.4 Å². The van der Waals surface area contributed by atoms with Gasteiger partial charge in [-0.1, -0.05) is 6.07 Å². The molecule has 0 unspecified atom stereocenters. The number of rotatable bonds is 3. The first-order valence-corrected chi connectivity index (χ1v) is 6.37. The number of aromatic nitrogens is 3. The van der Waals surface area contributed by atoms with Crippen LogP contribution in [0.3, 0.4) is 0 Å². The third-order valence-electron chi connectivity index (χ3n) is 3.11. The Kier molecular flexibility index (Phi) is 3.28. The molecule has 3 rings (SSSR count). The van der Waals surface area contributed by atoms with Crippen LogP contribution in [-0.4, -0.2) is 58.1 Å². The summed E-state index contributed by atoms with van der Waals surface area (Å²) < 4.78 is 1.68. The highest BCUT2D eigenvalue weighted by Crippen LogP contribution is 2.04. The Morgan fingerprint density at radius 2 is 2.21 bits per heavy atom. The molecule has 0 atom stereocenters. The van der Waals surface area contributed by atoms with Crippen molar-refractivity contribution < 1.29 is 4.79 Å². The van der Waals surface area contributed by atoms with Gasteiger partial charge in [0.2, 0.25) is 11.9 Å². The molecular weight excluding hydrogens is 244 g/mol. The van der Waals surface area contributed by atoms with Crippen molar-refractivity contribution in [1.29, 1.82) is 0 Å². The topological polar surface area (TPSA) is 74.6 Å². The Bertz CT molecular complexity index is 541. The Hall–Kier alpha value is -2.15. The molecule has 1 amide bonds. The Balaban J connectivity index is 1.60. The highest BCUT2D eigenvalue weighted by molar-refractivity contribution is 5.80. The van der Waals surface area contributed by atoms with Gasteiger partial charge in [0, 0.05) is 32.4 Å². The van der Waals surface area contributed by atoms with E-state index in [0.29, 0.717) is 5.95 Å². The quantitative estimate of drug-likeness (QED) is 0.783. The second kappa shape index (κ2) is 5.23. The van der Waals surface area contributed by atoms with E-state index in [-0.39, 0.29) is 12.5 Å². The number of anilines is 1. The minimum atomic E-state index is 0.0837. The maximum Gasteiger partial charge on any atom is 0.243 e. The van der Waals surface area contributed by atoms with Crippen LogP contribution in [0.1, 0.15) is 0 Å². The summed E-state index contributed by atoms with van der Waals surface area (Å²) in [6, 6.07) is 5.66. The Morgan fingerprint density at radius 1 is 1.37 bits per heavy atom. The van der Waals surface area contributed by atoms with Crippen molar-refractivity contribution in [3.63, 3.8) is 0 Å². The van der Waals surface area contributed by atoms with Crippen molar-refractivity contribution in [1.82, 2.24) is 24.8 Å². The van der Waals surface area contributed by atoms with Crippen molar-refractivity contribution in [2.75, 3.05) is 38.0 Å². The first-order chi connectivity index (χ1) is 9.33. The highest BCUT2D eigenvalue weighted by Gasteiger charge is 2.16. The molecule has 7 heteroatoms. The van der Waals surface area contributed by atoms with E-state index in [1.165, 1.54) is 0 Å². The maximum absolute atomic E-state index is 12.0. The van der Waals surface area contributed by atoms with E-state index in [1.54, 1.807) is 4.52 Å². The molecule has 0 spiro atoms. The molecule has 0 saturated carbocycles. The monoisotopic (exact) mass is 260 g/mol. The van der Waals surface area contributed by atoms with Crippen LogP contribution in [0, 0.1) is 0 Å². The van der Waals surface area contributed by atoms with Crippen molar-refractivity contribution in [2.45, 2.75) is 0 Å². The van der Waals surface area contributed by atoms with E-state index >= 15 is 0 Å². The van der Waals surface area contributed by atoms with Gasteiger partial charge in [0.1, 0.15) is 0 Å². The third kappa shape index (κ3) is 2.65. The van der Waals surface area contributed by atoms with Crippen LogP contribution in [0.2, 0.25) is 0 Å². The van der Waals surface area contributed by atoms with Crippen molar-refractivity contribution in [2.24, 2.45) is 0 Å². The average Bonchev–Trinajstić information content (AvgIpc) is 2.88. The summed E-state index contributed by atoms with van der Waals surface area (Å²) in [4.78, 5) is 18.1. The van der Waals surface area contributed by atoms with Crippen LogP contribution in [0.4, 0.5) is 5.95 Å². The van der Waals surface area contributed by atoms with E-state index in [0.717, 1.165) is 31.8 Å². The Labute approximate surface area is 110 Å². The van der Waals surface area contributed by atoms with Gasteiger partial charge in [-0.15, -0.1) is 5.10 Å². The molecule has 1 fully saturated rings. The molecule has 2 N–H and O–H groups in total. The van der Waals surface area contributed by atoms with Crippen molar-refractivity contribution >= 4 is 17.5 Å². The lowest BCUT2D eigenvalue weighted by molar-refractivity contribution is -0.129. The number of carbonyl (C=O) groups excluding carboxylic acids is 1. The maximum atomic E-state index is 12.0. The smallest absolute Gasteiger partial charge is 0.243 e. The van der Waals surface area contributed by atoms with Crippen LogP contribution in [0.5, 0.6) is 0 Å². The molecule has 0 radical (unpaired) electrons. The van der Waals surface area contributed by atoms with Gasteiger partial charge in [0.25, 0.3) is 0 Å². The molecule has 1 aliphatic heterocycles. The van der Waals surface area contributed by atoms with Gasteiger partial charge in [0.15, 0.2) is 5.65 Å². The summed E-state index contributed by atoms with van der Waals surface area (Å²) in [5, 5.41) is 10.4. The molecular formula is C12H16N6O. The third-order valence-corrected chi connectivity index (χ3v) is 3.11. The summed E-state index contributed by atoms with van der Waals surface area (Å²) in [5.41, 5.74) is 0.764. The molecule has 2 aromatic heterocycles. The molecule has 0 bridgehead atoms. The number of pyridine rings is 1. The SMILES string of the molecule is O=C(CNc1nc2ccccn2n1)N1CCNCC1. The van der Waals surface area contributed by atoms with Gasteiger partial charge in [-0.25, -0.2) is 4.52 Å². The summed E-state index contributed by atoms with van der Waals surface area (Å²) in [6.45, 7) is 3.48. The fraction of sp³-hybridized carbons (Fsp3) is 0.417. The summed E-state index contributed by atoms with van der Waals surface area (Å²) in [5.74, 6) is 0.565. The van der Waals surface area contributed by atoms with Gasteiger partial charge < -0.3 is 15.5 Å². The second-order valence-electron chi connectivity index (χ2n) is 4.42. The van der Waals surface area contributed by atoms with Crippen LogP contribution in [-0.2, 0) is 4.79 Å². The summed E-state index contributed by atoms with van der Waals surface area (Å²) in [6.07, 6.45) is 1.83. The summed E-state index contributed by atoms with van der Waals surface area (Å²) >= 11 is 0. The lowest BCUT2D eigenvalue weighted by Crippen LogP contribution is -2.48. The van der Waals surface area contributed by atoms with Gasteiger partial charge in [-0.05, 0) is 12.1 Å². The lowest BCUT2D eigenvalue weighted by Gasteiger charge is -2.27. The molecule has 19 heavy (non-hydrogen) atoms. The molecule has 3 heterocycles. The normalized spacial score (nSPS) is 15.7. The minimum Gasteiger partial charge on any atom is -0.344 e. The van der Waals surface area contributed by atoms with E-state index in [1.807, 2.05) is 29.3 Å². The molecule has 7 nitrogen and oxygen atoms in total. The first kappa shape index (κ1) is 11.9. The van der Waals surface area contributed by atoms with E-state index in [2.05, 4.69) is 20.7 Å². The summed E-state index contributed by atoms with van der Waals surface area (Å²) in [7, 11) is 0. The average molecular weight is 260 g/mol. The minimum absolute atomic E-state index is 0.0837. The standard InChI is InChI=1S/C12H16N6O/c19-11(17-7-4-13-5-8-17)9-14-12-15-10-3-1-2-6-18(10)16-12/h1-3,6,13H,4-5,7-9H2,(H,14,16). The van der Waals surface area contributed by atoms with Crippen LogP contribution in [0.25, 0.3) is 5.65 Å². The van der Waals surface area contributed by atoms with Crippen LogP contribution < -0.4 is 10.6 Å². The fourth-order valence-electron chi connectivity index (χ4n) is 2.09. The lowest BCUT2D eigenvalue weighted by atomic mass is 10.3. The van der Waals surface area contributed by atoms with Crippen molar-refractivity contribution in [3.05, 3.63) is 24.4 Å². The number of nitrogens with one attached hydrogen (secondary N) is 2. The largest absolute Gasteiger partial charge is 0.344 e. The zero-order valence-corrected chi connectivity index (χ0v) is 10.5. The number of carbonyl (C=O) groups is 1. The molecule has 1 saturated heterocycles. The van der Waals surface area contributed by atoms with Gasteiger partial charge in [-0.3, -0.25) is 4.79 Å². The van der Waals surface area contributed by atoms with Gasteiger partial charge in [-0.2, -0.15) is 4.98 Å². The first-order valence-electron chi connectivity index (χ1n) is 6.37. The molecule has 100 valence electrons.